The van der Waals surface area contributed by atoms with E-state index in [4.69, 9.17) is 0 Å². The fourth-order valence-corrected chi connectivity index (χ4v) is 3.51. The Morgan fingerprint density at radius 1 is 0.926 bits per heavy atom. The van der Waals surface area contributed by atoms with Crippen LogP contribution in [-0.4, -0.2) is 53.5 Å². The number of nitrogens with zero attached hydrogens (tertiary/aromatic N) is 3. The Bertz CT molecular complexity index is 899. The average molecular weight is 360 g/mol. The van der Waals surface area contributed by atoms with Crippen LogP contribution in [0, 0.1) is 0 Å². The van der Waals surface area contributed by atoms with Crippen LogP contribution in [0.25, 0.3) is 10.9 Å². The number of nitrogens with one attached hydrogen (secondary N) is 1. The molecule has 5 heteroatoms. The largest absolute Gasteiger partial charge is 0.322 e. The molecule has 1 N–H and O–H groups in total. The molecular weight excluding hydrogens is 336 g/mol. The lowest BCUT2D eigenvalue weighted by atomic mass is 10.1. The molecule has 138 valence electrons. The van der Waals surface area contributed by atoms with E-state index in [1.165, 1.54) is 5.56 Å². The van der Waals surface area contributed by atoms with Crippen molar-refractivity contribution in [3.8, 4) is 0 Å². The number of rotatable bonds is 4. The second kappa shape index (κ2) is 8.18. The van der Waals surface area contributed by atoms with Gasteiger partial charge in [0.25, 0.3) is 0 Å². The van der Waals surface area contributed by atoms with Crippen LogP contribution in [-0.2, 0) is 6.42 Å². The normalized spacial score (nSPS) is 15.0. The molecule has 5 nitrogen and oxygen atoms in total. The number of para-hydroxylation sites is 1. The van der Waals surface area contributed by atoms with Crippen molar-refractivity contribution in [3.05, 3.63) is 72.4 Å². The third-order valence-electron chi connectivity index (χ3n) is 5.09. The molecule has 0 bridgehead atoms. The number of carbonyl (C=O) groups excluding carboxylic acids is 1. The van der Waals surface area contributed by atoms with Gasteiger partial charge in [0, 0.05) is 44.3 Å². The van der Waals surface area contributed by atoms with Gasteiger partial charge in [-0.2, -0.15) is 0 Å². The van der Waals surface area contributed by atoms with E-state index in [1.807, 2.05) is 41.3 Å². The molecule has 4 rings (SSSR count). The van der Waals surface area contributed by atoms with Gasteiger partial charge in [-0.3, -0.25) is 9.88 Å². The van der Waals surface area contributed by atoms with E-state index in [9.17, 15) is 4.79 Å². The highest BCUT2D eigenvalue weighted by Crippen LogP contribution is 2.21. The van der Waals surface area contributed by atoms with E-state index in [0.717, 1.165) is 55.7 Å². The number of hydrogen-bond donors (Lipinski definition) is 1. The lowest BCUT2D eigenvalue weighted by molar-refractivity contribution is 0.148. The summed E-state index contributed by atoms with van der Waals surface area (Å²) in [5.41, 5.74) is 2.96. The van der Waals surface area contributed by atoms with Gasteiger partial charge in [0.2, 0.25) is 0 Å². The highest BCUT2D eigenvalue weighted by molar-refractivity contribution is 5.99. The van der Waals surface area contributed by atoms with Crippen LogP contribution in [0.4, 0.5) is 10.5 Å². The molecule has 0 saturated carbocycles. The van der Waals surface area contributed by atoms with Gasteiger partial charge < -0.3 is 10.2 Å². The first-order valence-electron chi connectivity index (χ1n) is 9.45. The standard InChI is InChI=1S/C22H24N4O/c27-22(24-20-10-4-8-19-9-5-12-23-21(19)20)26-16-14-25(15-17-26)13-11-18-6-2-1-3-7-18/h1-10,12H,11,13-17H2,(H,24,27). The Morgan fingerprint density at radius 3 is 2.52 bits per heavy atom. The summed E-state index contributed by atoms with van der Waals surface area (Å²) in [5, 5.41) is 4.06. The summed E-state index contributed by atoms with van der Waals surface area (Å²) in [5.74, 6) is 0. The molecule has 0 atom stereocenters. The zero-order valence-corrected chi connectivity index (χ0v) is 15.3. The number of hydrogen-bond acceptors (Lipinski definition) is 3. The summed E-state index contributed by atoms with van der Waals surface area (Å²) in [6, 6.07) is 20.3. The number of pyridine rings is 1. The van der Waals surface area contributed by atoms with E-state index in [1.54, 1.807) is 6.20 Å². The third-order valence-corrected chi connectivity index (χ3v) is 5.09. The first-order chi connectivity index (χ1) is 13.3. The molecule has 2 amide bonds. The second-order valence-electron chi connectivity index (χ2n) is 6.88. The first kappa shape index (κ1) is 17.5. The molecule has 1 aliphatic heterocycles. The van der Waals surface area contributed by atoms with Gasteiger partial charge in [-0.1, -0.05) is 48.5 Å². The number of anilines is 1. The quantitative estimate of drug-likeness (QED) is 0.773. The van der Waals surface area contributed by atoms with Crippen molar-refractivity contribution >= 4 is 22.6 Å². The number of amides is 2. The Hall–Kier alpha value is -2.92. The van der Waals surface area contributed by atoms with Gasteiger partial charge in [0.1, 0.15) is 0 Å². The minimum atomic E-state index is -0.0455. The Balaban J connectivity index is 1.31. The van der Waals surface area contributed by atoms with E-state index in [2.05, 4.69) is 39.5 Å². The zero-order valence-electron chi connectivity index (χ0n) is 15.3. The fraction of sp³-hybridized carbons (Fsp3) is 0.273. The van der Waals surface area contributed by atoms with Crippen LogP contribution in [0.3, 0.4) is 0 Å². The summed E-state index contributed by atoms with van der Waals surface area (Å²) in [6.45, 7) is 4.35. The maximum atomic E-state index is 12.7. The van der Waals surface area contributed by atoms with Gasteiger partial charge in [0.15, 0.2) is 0 Å². The molecule has 0 aliphatic carbocycles. The number of aromatic nitrogens is 1. The topological polar surface area (TPSA) is 48.5 Å². The zero-order chi connectivity index (χ0) is 18.5. The summed E-state index contributed by atoms with van der Waals surface area (Å²) in [7, 11) is 0. The maximum Gasteiger partial charge on any atom is 0.321 e. The van der Waals surface area contributed by atoms with Crippen LogP contribution in [0.1, 0.15) is 5.56 Å². The summed E-state index contributed by atoms with van der Waals surface area (Å²) in [4.78, 5) is 21.4. The van der Waals surface area contributed by atoms with E-state index < -0.39 is 0 Å². The second-order valence-corrected chi connectivity index (χ2v) is 6.88. The monoisotopic (exact) mass is 360 g/mol. The molecule has 3 aromatic rings. The highest BCUT2D eigenvalue weighted by Gasteiger charge is 2.21. The molecule has 1 saturated heterocycles. The van der Waals surface area contributed by atoms with E-state index >= 15 is 0 Å². The minimum absolute atomic E-state index is 0.0455. The number of benzene rings is 2. The van der Waals surface area contributed by atoms with Crippen molar-refractivity contribution in [2.24, 2.45) is 0 Å². The summed E-state index contributed by atoms with van der Waals surface area (Å²) in [6.07, 6.45) is 2.80. The van der Waals surface area contributed by atoms with Crippen molar-refractivity contribution in [2.45, 2.75) is 6.42 Å². The van der Waals surface area contributed by atoms with Crippen molar-refractivity contribution in [3.63, 3.8) is 0 Å². The lowest BCUT2D eigenvalue weighted by Gasteiger charge is -2.34. The van der Waals surface area contributed by atoms with Crippen molar-refractivity contribution in [2.75, 3.05) is 38.0 Å². The smallest absolute Gasteiger partial charge is 0.321 e. The van der Waals surface area contributed by atoms with Crippen molar-refractivity contribution < 1.29 is 4.79 Å². The van der Waals surface area contributed by atoms with Crippen LogP contribution >= 0.6 is 0 Å². The molecule has 0 spiro atoms. The van der Waals surface area contributed by atoms with Crippen molar-refractivity contribution in [1.82, 2.24) is 14.8 Å². The predicted octanol–water partition coefficient (Wildman–Crippen LogP) is 3.63. The number of carbonyl (C=O) groups is 1. The fourth-order valence-electron chi connectivity index (χ4n) is 3.51. The summed E-state index contributed by atoms with van der Waals surface area (Å²) < 4.78 is 0. The first-order valence-corrected chi connectivity index (χ1v) is 9.45. The van der Waals surface area contributed by atoms with Crippen LogP contribution in [0.2, 0.25) is 0 Å². The molecule has 0 radical (unpaired) electrons. The Kier molecular flexibility index (Phi) is 5.30. The molecule has 2 aromatic carbocycles. The number of fused-ring (bicyclic) bond motifs is 1. The summed E-state index contributed by atoms with van der Waals surface area (Å²) >= 11 is 0. The van der Waals surface area contributed by atoms with Gasteiger partial charge in [-0.05, 0) is 24.1 Å². The third kappa shape index (κ3) is 4.26. The average Bonchev–Trinajstić information content (AvgIpc) is 2.74. The molecule has 27 heavy (non-hydrogen) atoms. The predicted molar refractivity (Wildman–Crippen MR) is 109 cm³/mol. The molecular formula is C22H24N4O. The van der Waals surface area contributed by atoms with Gasteiger partial charge >= 0.3 is 6.03 Å². The number of urea groups is 1. The Labute approximate surface area is 159 Å². The van der Waals surface area contributed by atoms with Crippen LogP contribution in [0.5, 0.6) is 0 Å². The highest BCUT2D eigenvalue weighted by atomic mass is 16.2. The van der Waals surface area contributed by atoms with E-state index in [-0.39, 0.29) is 6.03 Å². The van der Waals surface area contributed by atoms with Gasteiger partial charge in [0.05, 0.1) is 11.2 Å². The maximum absolute atomic E-state index is 12.7. The minimum Gasteiger partial charge on any atom is -0.322 e. The lowest BCUT2D eigenvalue weighted by Crippen LogP contribution is -2.50. The van der Waals surface area contributed by atoms with Crippen molar-refractivity contribution in [1.29, 1.82) is 0 Å². The van der Waals surface area contributed by atoms with E-state index in [0.29, 0.717) is 0 Å². The van der Waals surface area contributed by atoms with Crippen LogP contribution < -0.4 is 5.32 Å². The molecule has 2 heterocycles. The van der Waals surface area contributed by atoms with Gasteiger partial charge in [-0.15, -0.1) is 0 Å². The molecule has 0 unspecified atom stereocenters. The SMILES string of the molecule is O=C(Nc1cccc2cccnc12)N1CCN(CCc2ccccc2)CC1. The molecule has 1 aliphatic rings. The van der Waals surface area contributed by atoms with Crippen LogP contribution in [0.15, 0.2) is 66.9 Å². The molecule has 1 fully saturated rings. The number of piperazine rings is 1. The molecule has 1 aromatic heterocycles. The van der Waals surface area contributed by atoms with Gasteiger partial charge in [-0.25, -0.2) is 4.79 Å². The Morgan fingerprint density at radius 2 is 1.70 bits per heavy atom.